The van der Waals surface area contributed by atoms with Crippen LogP contribution in [-0.4, -0.2) is 62.3 Å². The maximum Gasteiger partial charge on any atom is 0.246 e. The molecule has 0 spiro atoms. The Labute approximate surface area is 110 Å². The fourth-order valence-electron chi connectivity index (χ4n) is 1.68. The molecule has 1 fully saturated rings. The van der Waals surface area contributed by atoms with E-state index in [1.54, 1.807) is 0 Å². The molecular weight excluding hydrogens is 230 g/mol. The number of rotatable bonds is 8. The van der Waals surface area contributed by atoms with Crippen molar-refractivity contribution in [3.63, 3.8) is 0 Å². The second kappa shape index (κ2) is 7.07. The van der Waals surface area contributed by atoms with Gasteiger partial charge in [-0.15, -0.1) is 0 Å². The zero-order valence-electron chi connectivity index (χ0n) is 12.1. The molecule has 18 heavy (non-hydrogen) atoms. The number of nitrogens with zero attached hydrogens (tertiary/aromatic N) is 1. The summed E-state index contributed by atoms with van der Waals surface area (Å²) < 4.78 is 5.56. The minimum Gasteiger partial charge on any atom is -0.363 e. The molecule has 1 rings (SSSR count). The number of ether oxygens (including phenoxy) is 1. The van der Waals surface area contributed by atoms with Gasteiger partial charge >= 0.3 is 0 Å². The lowest BCUT2D eigenvalue weighted by molar-refractivity contribution is -0.135. The van der Waals surface area contributed by atoms with Crippen molar-refractivity contribution in [3.8, 4) is 0 Å². The Morgan fingerprint density at radius 1 is 1.50 bits per heavy atom. The molecule has 1 heterocycles. The number of hydrogen-bond acceptors (Lipinski definition) is 4. The van der Waals surface area contributed by atoms with Gasteiger partial charge in [0.05, 0.1) is 5.60 Å². The Morgan fingerprint density at radius 2 is 2.17 bits per heavy atom. The van der Waals surface area contributed by atoms with Crippen molar-refractivity contribution < 1.29 is 9.53 Å². The molecule has 1 aliphatic rings. The summed E-state index contributed by atoms with van der Waals surface area (Å²) in [5.41, 5.74) is -0.144. The van der Waals surface area contributed by atoms with Crippen molar-refractivity contribution in [1.29, 1.82) is 0 Å². The second-order valence-electron chi connectivity index (χ2n) is 5.62. The Morgan fingerprint density at radius 3 is 2.67 bits per heavy atom. The third-order valence-corrected chi connectivity index (χ3v) is 3.44. The normalized spacial score (nSPS) is 17.9. The number of carbonyl (C=O) groups excluding carboxylic acids is 1. The van der Waals surface area contributed by atoms with Crippen molar-refractivity contribution in [2.45, 2.75) is 38.8 Å². The Balaban J connectivity index is 2.00. The van der Waals surface area contributed by atoms with E-state index in [1.807, 2.05) is 6.92 Å². The van der Waals surface area contributed by atoms with Gasteiger partial charge in [0.25, 0.3) is 0 Å². The molecule has 0 aromatic carbocycles. The summed E-state index contributed by atoms with van der Waals surface area (Å²) in [7, 11) is 2.10. The summed E-state index contributed by atoms with van der Waals surface area (Å²) in [6.45, 7) is 9.90. The lowest BCUT2D eigenvalue weighted by Crippen LogP contribution is -2.59. The molecule has 0 unspecified atom stereocenters. The van der Waals surface area contributed by atoms with E-state index >= 15 is 0 Å². The summed E-state index contributed by atoms with van der Waals surface area (Å²) >= 11 is 0. The van der Waals surface area contributed by atoms with Crippen LogP contribution in [0.1, 0.15) is 27.2 Å². The molecular formula is C13H27N3O2. The van der Waals surface area contributed by atoms with Crippen molar-refractivity contribution in [3.05, 3.63) is 0 Å². The zero-order chi connectivity index (χ0) is 13.6. The van der Waals surface area contributed by atoms with Gasteiger partial charge in [-0.2, -0.15) is 0 Å². The van der Waals surface area contributed by atoms with Crippen LogP contribution in [0.5, 0.6) is 0 Å². The number of hydrogen-bond donors (Lipinski definition) is 2. The van der Waals surface area contributed by atoms with Gasteiger partial charge in [0, 0.05) is 25.7 Å². The Kier molecular flexibility index (Phi) is 6.05. The summed E-state index contributed by atoms with van der Waals surface area (Å²) in [6, 6.07) is 0.551. The molecule has 5 heteroatoms. The molecule has 106 valence electrons. The highest BCUT2D eigenvalue weighted by Crippen LogP contribution is 2.14. The smallest absolute Gasteiger partial charge is 0.246 e. The molecule has 1 amide bonds. The van der Waals surface area contributed by atoms with Crippen LogP contribution in [0.15, 0.2) is 0 Å². The van der Waals surface area contributed by atoms with E-state index in [-0.39, 0.29) is 18.1 Å². The molecule has 0 aliphatic carbocycles. The average Bonchev–Trinajstić information content (AvgIpc) is 2.29. The highest BCUT2D eigenvalue weighted by atomic mass is 16.5. The van der Waals surface area contributed by atoms with E-state index in [9.17, 15) is 4.79 Å². The summed E-state index contributed by atoms with van der Waals surface area (Å²) in [4.78, 5) is 13.8. The lowest BCUT2D eigenvalue weighted by atomic mass is 10.0. The third kappa shape index (κ3) is 5.33. The first kappa shape index (κ1) is 15.4. The molecule has 0 bridgehead atoms. The van der Waals surface area contributed by atoms with Crippen molar-refractivity contribution in [2.75, 3.05) is 39.8 Å². The van der Waals surface area contributed by atoms with Gasteiger partial charge in [0.2, 0.25) is 5.91 Å². The summed E-state index contributed by atoms with van der Waals surface area (Å²) in [6.07, 6.45) is 0.971. The minimum absolute atomic E-state index is 0.0182. The third-order valence-electron chi connectivity index (χ3n) is 3.44. The van der Waals surface area contributed by atoms with E-state index in [0.29, 0.717) is 12.6 Å². The van der Waals surface area contributed by atoms with Crippen LogP contribution in [0.2, 0.25) is 0 Å². The van der Waals surface area contributed by atoms with E-state index in [0.717, 1.165) is 26.1 Å². The molecule has 0 radical (unpaired) electrons. The minimum atomic E-state index is -0.144. The van der Waals surface area contributed by atoms with Gasteiger partial charge in [-0.25, -0.2) is 0 Å². The van der Waals surface area contributed by atoms with Crippen LogP contribution in [0.25, 0.3) is 0 Å². The standard InChI is InChI=1S/C13H27N3O2/c1-11(2)16(4)7-5-6-15-12(17)8-18-13(3)9-14-10-13/h11,14H,5-10H2,1-4H3,(H,15,17). The van der Waals surface area contributed by atoms with Crippen LogP contribution in [0.4, 0.5) is 0 Å². The topological polar surface area (TPSA) is 53.6 Å². The van der Waals surface area contributed by atoms with Crippen molar-refractivity contribution in [2.24, 2.45) is 0 Å². The first-order valence-electron chi connectivity index (χ1n) is 6.74. The maximum absolute atomic E-state index is 11.5. The van der Waals surface area contributed by atoms with Crippen LogP contribution in [0.3, 0.4) is 0 Å². The summed E-state index contributed by atoms with van der Waals surface area (Å²) in [5, 5.41) is 6.03. The lowest BCUT2D eigenvalue weighted by Gasteiger charge is -2.38. The van der Waals surface area contributed by atoms with Crippen molar-refractivity contribution >= 4 is 5.91 Å². The Hall–Kier alpha value is -0.650. The first-order valence-corrected chi connectivity index (χ1v) is 6.74. The molecule has 0 saturated carbocycles. The number of nitrogens with one attached hydrogen (secondary N) is 2. The van der Waals surface area contributed by atoms with Crippen LogP contribution < -0.4 is 10.6 Å². The molecule has 2 N–H and O–H groups in total. The molecule has 0 aromatic heterocycles. The highest BCUT2D eigenvalue weighted by molar-refractivity contribution is 5.77. The summed E-state index contributed by atoms with van der Waals surface area (Å²) in [5.74, 6) is -0.0182. The van der Waals surface area contributed by atoms with Crippen LogP contribution >= 0.6 is 0 Å². The van der Waals surface area contributed by atoms with Gasteiger partial charge < -0.3 is 20.3 Å². The molecule has 5 nitrogen and oxygen atoms in total. The van der Waals surface area contributed by atoms with Gasteiger partial charge in [0.15, 0.2) is 0 Å². The van der Waals surface area contributed by atoms with Crippen molar-refractivity contribution in [1.82, 2.24) is 15.5 Å². The molecule has 1 aliphatic heterocycles. The van der Waals surface area contributed by atoms with Crippen LogP contribution in [0, 0.1) is 0 Å². The zero-order valence-corrected chi connectivity index (χ0v) is 12.1. The SMILES string of the molecule is CC(C)N(C)CCCNC(=O)COC1(C)CNC1. The maximum atomic E-state index is 11.5. The molecule has 1 saturated heterocycles. The predicted molar refractivity (Wildman–Crippen MR) is 72.6 cm³/mol. The van der Waals surface area contributed by atoms with Gasteiger partial charge in [-0.1, -0.05) is 0 Å². The second-order valence-corrected chi connectivity index (χ2v) is 5.62. The van der Waals surface area contributed by atoms with Crippen LogP contribution in [-0.2, 0) is 9.53 Å². The number of amides is 1. The van der Waals surface area contributed by atoms with Gasteiger partial charge in [0.1, 0.15) is 6.61 Å². The predicted octanol–water partition coefficient (Wildman–Crippen LogP) is 0.211. The first-order chi connectivity index (χ1) is 8.43. The molecule has 0 atom stereocenters. The molecule has 0 aromatic rings. The average molecular weight is 257 g/mol. The fourth-order valence-corrected chi connectivity index (χ4v) is 1.68. The monoisotopic (exact) mass is 257 g/mol. The Bertz CT molecular complexity index is 265. The van der Waals surface area contributed by atoms with E-state index in [4.69, 9.17) is 4.74 Å². The quantitative estimate of drug-likeness (QED) is 0.611. The van der Waals surface area contributed by atoms with E-state index in [1.165, 1.54) is 0 Å². The van der Waals surface area contributed by atoms with E-state index < -0.39 is 0 Å². The van der Waals surface area contributed by atoms with Gasteiger partial charge in [-0.3, -0.25) is 4.79 Å². The fraction of sp³-hybridized carbons (Fsp3) is 0.923. The largest absolute Gasteiger partial charge is 0.363 e. The van der Waals surface area contributed by atoms with E-state index in [2.05, 4.69) is 36.4 Å². The van der Waals surface area contributed by atoms with Gasteiger partial charge in [-0.05, 0) is 40.8 Å². The highest BCUT2D eigenvalue weighted by Gasteiger charge is 2.32. The number of carbonyl (C=O) groups is 1.